The van der Waals surface area contributed by atoms with Crippen LogP contribution >= 0.6 is 0 Å². The molecule has 1 aliphatic heterocycles. The van der Waals surface area contributed by atoms with Crippen LogP contribution in [0.4, 0.5) is 0 Å². The summed E-state index contributed by atoms with van der Waals surface area (Å²) >= 11 is 0. The largest absolute Gasteiger partial charge is 0.493 e. The molecule has 1 heterocycles. The maximum atomic E-state index is 5.57. The van der Waals surface area contributed by atoms with Crippen molar-refractivity contribution in [3.63, 3.8) is 0 Å². The highest BCUT2D eigenvalue weighted by molar-refractivity contribution is 5.66. The minimum Gasteiger partial charge on any atom is -0.493 e. The number of hydrogen-bond donors (Lipinski definition) is 1. The van der Waals surface area contributed by atoms with Crippen LogP contribution in [0.15, 0.2) is 42.5 Å². The molecule has 2 heteroatoms. The van der Waals surface area contributed by atoms with Gasteiger partial charge in [-0.15, -0.1) is 0 Å². The lowest BCUT2D eigenvalue weighted by Crippen LogP contribution is -2.21. The average Bonchev–Trinajstić information content (AvgIpc) is 2.93. The summed E-state index contributed by atoms with van der Waals surface area (Å²) in [5.41, 5.74) is 5.21. The van der Waals surface area contributed by atoms with Crippen molar-refractivity contribution in [1.82, 2.24) is 5.32 Å². The summed E-state index contributed by atoms with van der Waals surface area (Å²) in [6.07, 6.45) is 1.03. The van der Waals surface area contributed by atoms with Gasteiger partial charge >= 0.3 is 0 Å². The molecule has 0 saturated heterocycles. The Morgan fingerprint density at radius 3 is 2.80 bits per heavy atom. The van der Waals surface area contributed by atoms with Crippen LogP contribution in [-0.2, 0) is 13.0 Å². The second-order valence-electron chi connectivity index (χ2n) is 5.66. The highest BCUT2D eigenvalue weighted by Gasteiger charge is 2.12. The molecule has 0 saturated carbocycles. The van der Waals surface area contributed by atoms with E-state index in [1.165, 1.54) is 22.3 Å². The van der Waals surface area contributed by atoms with Crippen molar-refractivity contribution in [2.24, 2.45) is 0 Å². The molecule has 2 aromatic carbocycles. The van der Waals surface area contributed by atoms with Crippen LogP contribution in [0, 0.1) is 0 Å². The number of hydrogen-bond acceptors (Lipinski definition) is 2. The average molecular weight is 267 g/mol. The summed E-state index contributed by atoms with van der Waals surface area (Å²) in [7, 11) is 0. The van der Waals surface area contributed by atoms with E-state index < -0.39 is 0 Å². The van der Waals surface area contributed by atoms with Crippen LogP contribution in [0.25, 0.3) is 11.1 Å². The summed E-state index contributed by atoms with van der Waals surface area (Å²) in [4.78, 5) is 0. The maximum absolute atomic E-state index is 5.57. The Kier molecular flexibility index (Phi) is 3.75. The van der Waals surface area contributed by atoms with Crippen molar-refractivity contribution in [3.05, 3.63) is 53.6 Å². The molecule has 1 N–H and O–H groups in total. The zero-order chi connectivity index (χ0) is 13.9. The van der Waals surface area contributed by atoms with Gasteiger partial charge in [-0.25, -0.2) is 0 Å². The molecule has 20 heavy (non-hydrogen) atoms. The second-order valence-corrected chi connectivity index (χ2v) is 5.66. The Morgan fingerprint density at radius 2 is 1.95 bits per heavy atom. The molecule has 0 radical (unpaired) electrons. The molecule has 2 aromatic rings. The zero-order valence-corrected chi connectivity index (χ0v) is 12.1. The van der Waals surface area contributed by atoms with Gasteiger partial charge in [0.25, 0.3) is 0 Å². The molecule has 0 aliphatic carbocycles. The molecule has 0 aromatic heterocycles. The second kappa shape index (κ2) is 5.68. The van der Waals surface area contributed by atoms with Crippen LogP contribution in [-0.4, -0.2) is 12.6 Å². The summed E-state index contributed by atoms with van der Waals surface area (Å²) < 4.78 is 5.57. The first kappa shape index (κ1) is 13.2. The Bertz CT molecular complexity index is 604. The van der Waals surface area contributed by atoms with Crippen molar-refractivity contribution in [2.45, 2.75) is 32.9 Å². The van der Waals surface area contributed by atoms with E-state index >= 15 is 0 Å². The van der Waals surface area contributed by atoms with E-state index in [0.717, 1.165) is 25.3 Å². The van der Waals surface area contributed by atoms with Crippen molar-refractivity contribution < 1.29 is 4.74 Å². The molecule has 0 atom stereocenters. The van der Waals surface area contributed by atoms with Gasteiger partial charge in [0.2, 0.25) is 0 Å². The topological polar surface area (TPSA) is 21.3 Å². The molecule has 0 amide bonds. The van der Waals surface area contributed by atoms with E-state index in [1.54, 1.807) is 0 Å². The third-order valence-electron chi connectivity index (χ3n) is 3.66. The smallest absolute Gasteiger partial charge is 0.122 e. The van der Waals surface area contributed by atoms with Crippen LogP contribution in [0.1, 0.15) is 25.0 Å². The molecule has 104 valence electrons. The predicted octanol–water partition coefficient (Wildman–Crippen LogP) is 3.79. The third-order valence-corrected chi connectivity index (χ3v) is 3.66. The number of fused-ring (bicyclic) bond motifs is 1. The van der Waals surface area contributed by atoms with E-state index in [9.17, 15) is 0 Å². The predicted molar refractivity (Wildman–Crippen MR) is 83.1 cm³/mol. The molecule has 1 aliphatic rings. The maximum Gasteiger partial charge on any atom is 0.122 e. The molecular formula is C18H21NO. The van der Waals surface area contributed by atoms with E-state index in [2.05, 4.69) is 61.6 Å². The van der Waals surface area contributed by atoms with Crippen molar-refractivity contribution in [1.29, 1.82) is 0 Å². The lowest BCUT2D eigenvalue weighted by Gasteiger charge is -2.10. The first-order valence-electron chi connectivity index (χ1n) is 7.31. The fourth-order valence-corrected chi connectivity index (χ4v) is 2.55. The Labute approximate surface area is 120 Å². The van der Waals surface area contributed by atoms with E-state index in [4.69, 9.17) is 4.74 Å². The van der Waals surface area contributed by atoms with Crippen molar-refractivity contribution in [2.75, 3.05) is 6.61 Å². The van der Waals surface area contributed by atoms with Crippen LogP contribution in [0.2, 0.25) is 0 Å². The highest BCUT2D eigenvalue weighted by Crippen LogP contribution is 2.30. The van der Waals surface area contributed by atoms with Gasteiger partial charge in [-0.2, -0.15) is 0 Å². The van der Waals surface area contributed by atoms with Crippen LogP contribution < -0.4 is 10.1 Å². The number of ether oxygens (including phenoxy) is 1. The van der Waals surface area contributed by atoms with Crippen LogP contribution in [0.3, 0.4) is 0 Å². The van der Waals surface area contributed by atoms with Crippen molar-refractivity contribution in [3.8, 4) is 16.9 Å². The van der Waals surface area contributed by atoms with Crippen molar-refractivity contribution >= 4 is 0 Å². The van der Waals surface area contributed by atoms with Crippen LogP contribution in [0.5, 0.6) is 5.75 Å². The quantitative estimate of drug-likeness (QED) is 0.910. The fourth-order valence-electron chi connectivity index (χ4n) is 2.55. The summed E-state index contributed by atoms with van der Waals surface area (Å²) in [5, 5.41) is 3.46. The van der Waals surface area contributed by atoms with E-state index in [1.807, 2.05) is 0 Å². The fraction of sp³-hybridized carbons (Fsp3) is 0.333. The Balaban J connectivity index is 1.84. The van der Waals surface area contributed by atoms with Gasteiger partial charge in [-0.3, -0.25) is 0 Å². The molecule has 0 spiro atoms. The first-order chi connectivity index (χ1) is 9.72. The summed E-state index contributed by atoms with van der Waals surface area (Å²) in [6, 6.07) is 15.8. The molecule has 2 nitrogen and oxygen atoms in total. The lowest BCUT2D eigenvalue weighted by molar-refractivity contribution is 0.357. The summed E-state index contributed by atoms with van der Waals surface area (Å²) in [6.45, 7) is 6.07. The monoisotopic (exact) mass is 267 g/mol. The molecule has 0 unspecified atom stereocenters. The van der Waals surface area contributed by atoms with Gasteiger partial charge in [0.05, 0.1) is 6.61 Å². The van der Waals surface area contributed by atoms with Gasteiger partial charge in [0, 0.05) is 19.0 Å². The normalized spacial score (nSPS) is 13.3. The SMILES string of the molecule is CC(C)NCc1cccc(-c2ccc3c(c2)CCO3)c1. The van der Waals surface area contributed by atoms with E-state index in [0.29, 0.717) is 6.04 Å². The Hall–Kier alpha value is -1.80. The molecule has 0 fully saturated rings. The zero-order valence-electron chi connectivity index (χ0n) is 12.1. The lowest BCUT2D eigenvalue weighted by atomic mass is 10.00. The molecule has 3 rings (SSSR count). The number of rotatable bonds is 4. The Morgan fingerprint density at radius 1 is 1.10 bits per heavy atom. The highest BCUT2D eigenvalue weighted by atomic mass is 16.5. The number of benzene rings is 2. The van der Waals surface area contributed by atoms with Gasteiger partial charge < -0.3 is 10.1 Å². The molecule has 0 bridgehead atoms. The van der Waals surface area contributed by atoms with Gasteiger partial charge in [0.1, 0.15) is 5.75 Å². The number of nitrogens with one attached hydrogen (secondary N) is 1. The standard InChI is InChI=1S/C18H21NO/c1-13(2)19-12-14-4-3-5-15(10-14)16-6-7-18-17(11-16)8-9-20-18/h3-7,10-11,13,19H,8-9,12H2,1-2H3. The minimum absolute atomic E-state index is 0.510. The molecular weight excluding hydrogens is 246 g/mol. The summed E-state index contributed by atoms with van der Waals surface area (Å²) in [5.74, 6) is 1.05. The van der Waals surface area contributed by atoms with Gasteiger partial charge in [-0.1, -0.05) is 38.1 Å². The van der Waals surface area contributed by atoms with Gasteiger partial charge in [-0.05, 0) is 40.5 Å². The van der Waals surface area contributed by atoms with E-state index in [-0.39, 0.29) is 0 Å². The first-order valence-corrected chi connectivity index (χ1v) is 7.31. The minimum atomic E-state index is 0.510. The van der Waals surface area contributed by atoms with Gasteiger partial charge in [0.15, 0.2) is 0 Å². The third kappa shape index (κ3) is 2.86.